The summed E-state index contributed by atoms with van der Waals surface area (Å²) in [6, 6.07) is 10.6. The molecule has 3 rings (SSSR count). The Morgan fingerprint density at radius 2 is 1.44 bits per heavy atom. The fraction of sp³-hybridized carbons (Fsp3) is 0.231. The number of aromatic nitrogens is 2. The number of nitrogens with zero attached hydrogens (tertiary/aromatic N) is 3. The van der Waals surface area contributed by atoms with Crippen LogP contribution in [0.15, 0.2) is 46.0 Å². The summed E-state index contributed by atoms with van der Waals surface area (Å²) in [7, 11) is 0. The summed E-state index contributed by atoms with van der Waals surface area (Å²) in [5, 5.41) is 0. The van der Waals surface area contributed by atoms with Crippen molar-refractivity contribution in [1.29, 1.82) is 0 Å². The van der Waals surface area contributed by atoms with Gasteiger partial charge in [0.25, 0.3) is 11.1 Å². The van der Waals surface area contributed by atoms with Crippen molar-refractivity contribution in [3.05, 3.63) is 62.7 Å². The molecule has 2 aromatic rings. The number of aryl methyl sites for hydroxylation is 1. The topological polar surface area (TPSA) is 47.2 Å². The average Bonchev–Trinajstić information content (AvgIpc) is 2.80. The molecule has 0 N–H and O–H groups in total. The summed E-state index contributed by atoms with van der Waals surface area (Å²) < 4.78 is 2.93. The predicted octanol–water partition coefficient (Wildman–Crippen LogP) is 0.754. The van der Waals surface area contributed by atoms with E-state index in [4.69, 9.17) is 0 Å². The zero-order valence-corrected chi connectivity index (χ0v) is 10.0. The molecular weight excluding hydrogens is 230 g/mol. The first-order chi connectivity index (χ1) is 8.66. The van der Waals surface area contributed by atoms with Gasteiger partial charge in [-0.2, -0.15) is 0 Å². The van der Waals surface area contributed by atoms with Crippen LogP contribution in [0.25, 0.3) is 0 Å². The normalized spacial score (nSPS) is 13.7. The Labute approximate surface area is 103 Å². The Kier molecular flexibility index (Phi) is 2.33. The molecule has 1 aromatic carbocycles. The molecule has 1 aromatic heterocycles. The quantitative estimate of drug-likeness (QED) is 0.742. The van der Waals surface area contributed by atoms with Gasteiger partial charge < -0.3 is 4.90 Å². The van der Waals surface area contributed by atoms with Gasteiger partial charge in [-0.25, -0.2) is 9.36 Å². The maximum Gasteiger partial charge on any atom is 0.267 e. The Balaban J connectivity index is 2.07. The molecule has 0 amide bonds. The minimum absolute atomic E-state index is 0.148. The minimum Gasteiger partial charge on any atom is -0.332 e. The standard InChI is InChI=1S/C13H13N3O2/c1-10-4-2-3-5-11(10)14-8-15-12(17)6-7-13(18)16(15)9-14/h2-7H,8-9H2,1H3. The maximum atomic E-state index is 11.7. The lowest BCUT2D eigenvalue weighted by molar-refractivity contribution is 0.548. The van der Waals surface area contributed by atoms with Crippen molar-refractivity contribution in [2.45, 2.75) is 20.3 Å². The number of hydrogen-bond donors (Lipinski definition) is 0. The van der Waals surface area contributed by atoms with Crippen molar-refractivity contribution in [1.82, 2.24) is 9.36 Å². The average molecular weight is 243 g/mol. The molecule has 2 heterocycles. The molecule has 0 fully saturated rings. The first-order valence-electron chi connectivity index (χ1n) is 5.78. The Hall–Kier alpha value is -2.30. The number of benzene rings is 1. The molecule has 1 aliphatic heterocycles. The van der Waals surface area contributed by atoms with E-state index in [0.717, 1.165) is 11.3 Å². The second-order valence-electron chi connectivity index (χ2n) is 4.42. The highest BCUT2D eigenvalue weighted by Gasteiger charge is 2.20. The van der Waals surface area contributed by atoms with Crippen molar-refractivity contribution in [2.75, 3.05) is 4.90 Å². The van der Waals surface area contributed by atoms with Crippen molar-refractivity contribution in [3.63, 3.8) is 0 Å². The van der Waals surface area contributed by atoms with Crippen LogP contribution in [0.1, 0.15) is 5.56 Å². The van der Waals surface area contributed by atoms with Crippen molar-refractivity contribution >= 4 is 5.69 Å². The second kappa shape index (κ2) is 3.87. The smallest absolute Gasteiger partial charge is 0.267 e. The van der Waals surface area contributed by atoms with Gasteiger partial charge in [-0.05, 0) is 18.6 Å². The van der Waals surface area contributed by atoms with E-state index in [-0.39, 0.29) is 11.1 Å². The molecule has 5 nitrogen and oxygen atoms in total. The van der Waals surface area contributed by atoms with Gasteiger partial charge in [0.1, 0.15) is 13.3 Å². The zero-order valence-electron chi connectivity index (χ0n) is 10.0. The summed E-state index contributed by atoms with van der Waals surface area (Å²) in [6.07, 6.45) is 0. The molecule has 1 aliphatic rings. The fourth-order valence-corrected chi connectivity index (χ4v) is 2.28. The number of hydrogen-bond acceptors (Lipinski definition) is 3. The first kappa shape index (κ1) is 10.8. The molecule has 0 unspecified atom stereocenters. The van der Waals surface area contributed by atoms with E-state index in [0.29, 0.717) is 13.3 Å². The van der Waals surface area contributed by atoms with Crippen LogP contribution in [0, 0.1) is 6.92 Å². The molecule has 0 saturated carbocycles. The van der Waals surface area contributed by atoms with E-state index in [1.54, 1.807) is 0 Å². The van der Waals surface area contributed by atoms with E-state index in [2.05, 4.69) is 0 Å². The molecule has 0 saturated heterocycles. The number of para-hydroxylation sites is 1. The first-order valence-corrected chi connectivity index (χ1v) is 5.78. The van der Waals surface area contributed by atoms with Crippen LogP contribution < -0.4 is 16.0 Å². The molecule has 92 valence electrons. The van der Waals surface area contributed by atoms with Gasteiger partial charge in [-0.15, -0.1) is 0 Å². The second-order valence-corrected chi connectivity index (χ2v) is 4.42. The van der Waals surface area contributed by atoms with Gasteiger partial charge in [0, 0.05) is 17.8 Å². The van der Waals surface area contributed by atoms with Gasteiger partial charge >= 0.3 is 0 Å². The lowest BCUT2D eigenvalue weighted by Gasteiger charge is -2.17. The summed E-state index contributed by atoms with van der Waals surface area (Å²) in [6.45, 7) is 2.85. The summed E-state index contributed by atoms with van der Waals surface area (Å²) >= 11 is 0. The summed E-state index contributed by atoms with van der Waals surface area (Å²) in [5.74, 6) is 0. The van der Waals surface area contributed by atoms with Gasteiger partial charge in [0.05, 0.1) is 0 Å². The van der Waals surface area contributed by atoms with Crippen LogP contribution in [-0.2, 0) is 13.3 Å². The number of anilines is 1. The van der Waals surface area contributed by atoms with Crippen LogP contribution >= 0.6 is 0 Å². The van der Waals surface area contributed by atoms with Crippen molar-refractivity contribution < 1.29 is 0 Å². The van der Waals surface area contributed by atoms with Crippen LogP contribution in [0.5, 0.6) is 0 Å². The van der Waals surface area contributed by atoms with E-state index in [1.807, 2.05) is 36.1 Å². The zero-order chi connectivity index (χ0) is 12.7. The Morgan fingerprint density at radius 3 is 2.00 bits per heavy atom. The summed E-state index contributed by atoms with van der Waals surface area (Å²) in [4.78, 5) is 25.4. The van der Waals surface area contributed by atoms with E-state index < -0.39 is 0 Å². The highest BCUT2D eigenvalue weighted by Crippen LogP contribution is 2.22. The Morgan fingerprint density at radius 1 is 0.889 bits per heavy atom. The monoisotopic (exact) mass is 243 g/mol. The van der Waals surface area contributed by atoms with E-state index in [1.165, 1.54) is 21.5 Å². The third-order valence-electron chi connectivity index (χ3n) is 3.23. The highest BCUT2D eigenvalue weighted by atomic mass is 16.2. The van der Waals surface area contributed by atoms with Crippen LogP contribution in [0.3, 0.4) is 0 Å². The fourth-order valence-electron chi connectivity index (χ4n) is 2.28. The van der Waals surface area contributed by atoms with E-state index >= 15 is 0 Å². The predicted molar refractivity (Wildman–Crippen MR) is 68.6 cm³/mol. The lowest BCUT2D eigenvalue weighted by atomic mass is 10.2. The van der Waals surface area contributed by atoms with Crippen LogP contribution in [0.2, 0.25) is 0 Å². The third kappa shape index (κ3) is 1.55. The Bertz CT molecular complexity index is 676. The molecular formula is C13H13N3O2. The highest BCUT2D eigenvalue weighted by molar-refractivity contribution is 5.52. The van der Waals surface area contributed by atoms with Crippen molar-refractivity contribution in [2.24, 2.45) is 0 Å². The molecule has 0 bridgehead atoms. The van der Waals surface area contributed by atoms with Gasteiger partial charge in [0.15, 0.2) is 0 Å². The van der Waals surface area contributed by atoms with Crippen LogP contribution in [0.4, 0.5) is 5.69 Å². The van der Waals surface area contributed by atoms with Crippen molar-refractivity contribution in [3.8, 4) is 0 Å². The largest absolute Gasteiger partial charge is 0.332 e. The molecule has 18 heavy (non-hydrogen) atoms. The van der Waals surface area contributed by atoms with Gasteiger partial charge in [0.2, 0.25) is 0 Å². The molecule has 0 aliphatic carbocycles. The van der Waals surface area contributed by atoms with E-state index in [9.17, 15) is 9.59 Å². The SMILES string of the molecule is Cc1ccccc1N1Cn2c(=O)ccc(=O)n2C1. The van der Waals surface area contributed by atoms with Gasteiger partial charge in [-0.1, -0.05) is 18.2 Å². The molecule has 0 spiro atoms. The maximum absolute atomic E-state index is 11.7. The minimum atomic E-state index is -0.148. The molecule has 0 radical (unpaired) electrons. The third-order valence-corrected chi connectivity index (χ3v) is 3.23. The molecule has 0 atom stereocenters. The molecule has 5 heteroatoms. The number of rotatable bonds is 1. The van der Waals surface area contributed by atoms with Crippen LogP contribution in [-0.4, -0.2) is 9.36 Å². The lowest BCUT2D eigenvalue weighted by Crippen LogP contribution is -2.32. The number of fused-ring (bicyclic) bond motifs is 1. The summed E-state index contributed by atoms with van der Waals surface area (Å²) in [5.41, 5.74) is 1.88. The van der Waals surface area contributed by atoms with Gasteiger partial charge in [-0.3, -0.25) is 9.59 Å².